The van der Waals surface area contributed by atoms with Crippen LogP contribution in [0.15, 0.2) is 54.6 Å². The minimum absolute atomic E-state index is 0. The molecule has 3 rings (SSSR count). The van der Waals surface area contributed by atoms with Gasteiger partial charge in [0.25, 0.3) is 5.91 Å². The molecule has 5 nitrogen and oxygen atoms in total. The molecule has 3 aromatic rings. The number of rotatable bonds is 7. The van der Waals surface area contributed by atoms with E-state index in [0.717, 1.165) is 16.8 Å². The molecule has 0 saturated carbocycles. The molecular weight excluding hydrogens is 370 g/mol. The molecule has 2 aromatic carbocycles. The Morgan fingerprint density at radius 2 is 1.73 bits per heavy atom. The van der Waals surface area contributed by atoms with Crippen molar-refractivity contribution in [3.05, 3.63) is 54.6 Å². The van der Waals surface area contributed by atoms with Gasteiger partial charge in [-0.25, -0.2) is 4.98 Å². The van der Waals surface area contributed by atoms with E-state index in [9.17, 15) is 4.79 Å². The number of nitrogens with zero attached hydrogens (tertiary/aromatic N) is 3. The second-order valence-corrected chi connectivity index (χ2v) is 6.92. The predicted molar refractivity (Wildman–Crippen MR) is 110 cm³/mol. The van der Waals surface area contributed by atoms with Gasteiger partial charge in [-0.3, -0.25) is 9.69 Å². The molecule has 0 fully saturated rings. The molecular formula is C19H22ClN3O2S. The normalized spacial score (nSPS) is 10.6. The van der Waals surface area contributed by atoms with Gasteiger partial charge in [-0.2, -0.15) is 0 Å². The van der Waals surface area contributed by atoms with Crippen molar-refractivity contribution in [3.8, 4) is 5.75 Å². The van der Waals surface area contributed by atoms with Gasteiger partial charge in [-0.1, -0.05) is 41.7 Å². The number of likely N-dealkylation sites (N-methyl/N-ethyl adjacent to an activating group) is 1. The van der Waals surface area contributed by atoms with E-state index >= 15 is 0 Å². The highest BCUT2D eigenvalue weighted by atomic mass is 35.5. The predicted octanol–water partition coefficient (Wildman–Crippen LogP) is 3.69. The number of hydrogen-bond donors (Lipinski definition) is 0. The zero-order chi connectivity index (χ0) is 17.6. The first kappa shape index (κ1) is 20.2. The number of amides is 1. The molecule has 0 radical (unpaired) electrons. The fourth-order valence-electron chi connectivity index (χ4n) is 2.34. The molecule has 0 bridgehead atoms. The number of carbonyl (C=O) groups excluding carboxylic acids is 1. The summed E-state index contributed by atoms with van der Waals surface area (Å²) >= 11 is 1.53. The topological polar surface area (TPSA) is 45.7 Å². The highest BCUT2D eigenvalue weighted by molar-refractivity contribution is 7.22. The summed E-state index contributed by atoms with van der Waals surface area (Å²) in [6.07, 6.45) is 0. The average molecular weight is 392 g/mol. The van der Waals surface area contributed by atoms with Crippen LogP contribution in [0.3, 0.4) is 0 Å². The van der Waals surface area contributed by atoms with Gasteiger partial charge in [-0.15, -0.1) is 12.4 Å². The summed E-state index contributed by atoms with van der Waals surface area (Å²) in [6, 6.07) is 17.3. The van der Waals surface area contributed by atoms with Crippen LogP contribution in [0.4, 0.5) is 5.13 Å². The molecule has 0 atom stereocenters. The van der Waals surface area contributed by atoms with Crippen LogP contribution in [-0.4, -0.2) is 49.6 Å². The van der Waals surface area contributed by atoms with E-state index in [-0.39, 0.29) is 24.9 Å². The fourth-order valence-corrected chi connectivity index (χ4v) is 3.35. The van der Waals surface area contributed by atoms with Crippen molar-refractivity contribution in [3.63, 3.8) is 0 Å². The maximum atomic E-state index is 12.8. The van der Waals surface area contributed by atoms with Crippen molar-refractivity contribution in [1.82, 2.24) is 9.88 Å². The van der Waals surface area contributed by atoms with Crippen LogP contribution >= 0.6 is 23.7 Å². The first-order valence-electron chi connectivity index (χ1n) is 8.12. The lowest BCUT2D eigenvalue weighted by atomic mass is 10.3. The Labute approximate surface area is 163 Å². The minimum Gasteiger partial charge on any atom is -0.484 e. The van der Waals surface area contributed by atoms with E-state index in [1.54, 1.807) is 4.90 Å². The van der Waals surface area contributed by atoms with Crippen LogP contribution in [0.1, 0.15) is 0 Å². The first-order valence-corrected chi connectivity index (χ1v) is 8.93. The van der Waals surface area contributed by atoms with E-state index < -0.39 is 0 Å². The number of hydrogen-bond acceptors (Lipinski definition) is 5. The molecule has 0 aliphatic rings. The largest absolute Gasteiger partial charge is 0.484 e. The lowest BCUT2D eigenvalue weighted by Crippen LogP contribution is -2.39. The third kappa shape index (κ3) is 5.17. The van der Waals surface area contributed by atoms with Crippen LogP contribution < -0.4 is 9.64 Å². The van der Waals surface area contributed by atoms with Crippen molar-refractivity contribution in [2.75, 3.05) is 38.7 Å². The van der Waals surface area contributed by atoms with Crippen LogP contribution in [-0.2, 0) is 4.79 Å². The smallest absolute Gasteiger partial charge is 0.266 e. The molecule has 1 amide bonds. The van der Waals surface area contributed by atoms with Crippen LogP contribution in [0, 0.1) is 0 Å². The third-order valence-electron chi connectivity index (χ3n) is 3.69. The molecule has 1 aromatic heterocycles. The monoisotopic (exact) mass is 391 g/mol. The maximum absolute atomic E-state index is 12.8. The number of para-hydroxylation sites is 2. The van der Waals surface area contributed by atoms with E-state index in [1.165, 1.54) is 11.3 Å². The third-order valence-corrected chi connectivity index (χ3v) is 4.75. The lowest BCUT2D eigenvalue weighted by Gasteiger charge is -2.22. The summed E-state index contributed by atoms with van der Waals surface area (Å²) in [4.78, 5) is 21.1. The van der Waals surface area contributed by atoms with Crippen molar-refractivity contribution >= 4 is 45.0 Å². The molecule has 0 spiro atoms. The number of fused-ring (bicyclic) bond motifs is 1. The van der Waals surface area contributed by atoms with E-state index in [4.69, 9.17) is 4.74 Å². The van der Waals surface area contributed by atoms with Gasteiger partial charge < -0.3 is 9.64 Å². The van der Waals surface area contributed by atoms with Gasteiger partial charge in [0.1, 0.15) is 5.75 Å². The molecule has 0 N–H and O–H groups in total. The molecule has 1 heterocycles. The van der Waals surface area contributed by atoms with Gasteiger partial charge in [-0.05, 0) is 38.4 Å². The zero-order valence-corrected chi connectivity index (χ0v) is 16.4. The van der Waals surface area contributed by atoms with Crippen LogP contribution in [0.5, 0.6) is 5.75 Å². The number of anilines is 1. The standard InChI is InChI=1S/C19H21N3O2S.ClH/c1-21(2)12-13-22(18(23)14-24-15-8-4-3-5-9-15)19-20-16-10-6-7-11-17(16)25-19;/h3-11H,12-14H2,1-2H3;1H. The van der Waals surface area contributed by atoms with E-state index in [1.807, 2.05) is 73.6 Å². The molecule has 138 valence electrons. The second-order valence-electron chi connectivity index (χ2n) is 5.91. The number of halogens is 1. The number of carbonyl (C=O) groups is 1. The molecule has 0 aliphatic heterocycles. The molecule has 0 aliphatic carbocycles. The van der Waals surface area contributed by atoms with Crippen molar-refractivity contribution < 1.29 is 9.53 Å². The SMILES string of the molecule is CN(C)CCN(C(=O)COc1ccccc1)c1nc2ccccc2s1.Cl. The number of thiazole rings is 1. The Kier molecular flexibility index (Phi) is 7.38. The lowest BCUT2D eigenvalue weighted by molar-refractivity contribution is -0.120. The molecule has 26 heavy (non-hydrogen) atoms. The Hall–Kier alpha value is -2.15. The number of ether oxygens (including phenoxy) is 1. The molecule has 0 saturated heterocycles. The number of aromatic nitrogens is 1. The second kappa shape index (κ2) is 9.52. The van der Waals surface area contributed by atoms with Gasteiger partial charge in [0.15, 0.2) is 11.7 Å². The highest BCUT2D eigenvalue weighted by Gasteiger charge is 2.20. The van der Waals surface area contributed by atoms with Gasteiger partial charge in [0.2, 0.25) is 0 Å². The van der Waals surface area contributed by atoms with Crippen molar-refractivity contribution in [1.29, 1.82) is 0 Å². The summed E-state index contributed by atoms with van der Waals surface area (Å²) in [5, 5.41) is 0.713. The van der Waals surface area contributed by atoms with Crippen LogP contribution in [0.2, 0.25) is 0 Å². The summed E-state index contributed by atoms with van der Waals surface area (Å²) in [5.74, 6) is 0.595. The first-order chi connectivity index (χ1) is 12.1. The van der Waals surface area contributed by atoms with E-state index in [0.29, 0.717) is 17.4 Å². The zero-order valence-electron chi connectivity index (χ0n) is 14.8. The Morgan fingerprint density at radius 3 is 2.42 bits per heavy atom. The fraction of sp³-hybridized carbons (Fsp3) is 0.263. The highest BCUT2D eigenvalue weighted by Crippen LogP contribution is 2.28. The van der Waals surface area contributed by atoms with Crippen LogP contribution in [0.25, 0.3) is 10.2 Å². The minimum atomic E-state index is -0.0928. The summed E-state index contributed by atoms with van der Waals surface area (Å²) < 4.78 is 6.70. The van der Waals surface area contributed by atoms with Gasteiger partial charge in [0, 0.05) is 13.1 Å². The number of benzene rings is 2. The summed E-state index contributed by atoms with van der Waals surface area (Å²) in [7, 11) is 3.98. The molecule has 7 heteroatoms. The summed E-state index contributed by atoms with van der Waals surface area (Å²) in [5.41, 5.74) is 0.911. The Morgan fingerprint density at radius 1 is 1.04 bits per heavy atom. The Bertz CT molecular complexity index is 806. The summed E-state index contributed by atoms with van der Waals surface area (Å²) in [6.45, 7) is 1.32. The van der Waals surface area contributed by atoms with Gasteiger partial charge >= 0.3 is 0 Å². The van der Waals surface area contributed by atoms with E-state index in [2.05, 4.69) is 4.98 Å². The molecule has 0 unspecified atom stereocenters. The Balaban J connectivity index is 0.00000243. The van der Waals surface area contributed by atoms with Gasteiger partial charge in [0.05, 0.1) is 10.2 Å². The average Bonchev–Trinajstić information content (AvgIpc) is 3.04. The maximum Gasteiger partial charge on any atom is 0.266 e. The van der Waals surface area contributed by atoms with Crippen molar-refractivity contribution in [2.24, 2.45) is 0 Å². The quantitative estimate of drug-likeness (QED) is 0.616. The van der Waals surface area contributed by atoms with Crippen molar-refractivity contribution in [2.45, 2.75) is 0 Å².